The Morgan fingerprint density at radius 3 is 2.33 bits per heavy atom. The minimum Gasteiger partial charge on any atom is -0.508 e. The molecule has 2 heterocycles. The number of amides is 4. The van der Waals surface area contributed by atoms with Crippen LogP contribution in [0.2, 0.25) is 0 Å². The summed E-state index contributed by atoms with van der Waals surface area (Å²) >= 11 is 1.81. The molecule has 3 aromatic carbocycles. The number of fused-ring (bicyclic) bond motifs is 1. The van der Waals surface area contributed by atoms with Crippen molar-refractivity contribution >= 4 is 64.6 Å². The fourth-order valence-corrected chi connectivity index (χ4v) is 7.91. The van der Waals surface area contributed by atoms with Crippen molar-refractivity contribution in [3.05, 3.63) is 118 Å². The maximum atomic E-state index is 13.4. The van der Waals surface area contributed by atoms with Crippen LogP contribution in [0.5, 0.6) is 5.75 Å². The van der Waals surface area contributed by atoms with Gasteiger partial charge in [0.2, 0.25) is 5.91 Å². The molecule has 0 aromatic heterocycles. The normalized spacial score (nSPS) is 18.8. The van der Waals surface area contributed by atoms with E-state index in [1.54, 1.807) is 30.4 Å². The third kappa shape index (κ3) is 8.27. The van der Waals surface area contributed by atoms with Crippen LogP contribution >= 0.6 is 11.8 Å². The van der Waals surface area contributed by atoms with Gasteiger partial charge in [0, 0.05) is 39.9 Å². The van der Waals surface area contributed by atoms with E-state index in [0.29, 0.717) is 40.2 Å². The van der Waals surface area contributed by atoms with Gasteiger partial charge in [-0.05, 0) is 89.7 Å². The molecule has 13 heteroatoms. The lowest BCUT2D eigenvalue weighted by atomic mass is 9.88. The van der Waals surface area contributed by atoms with Crippen LogP contribution < -0.4 is 21.3 Å². The summed E-state index contributed by atoms with van der Waals surface area (Å²) in [7, 11) is 0. The lowest BCUT2D eigenvalue weighted by Crippen LogP contribution is -2.36. The van der Waals surface area contributed by atoms with Gasteiger partial charge in [-0.1, -0.05) is 36.8 Å². The van der Waals surface area contributed by atoms with E-state index in [9.17, 15) is 39.0 Å². The van der Waals surface area contributed by atoms with Crippen LogP contribution in [0.1, 0.15) is 67.9 Å². The van der Waals surface area contributed by atoms with Gasteiger partial charge >= 0.3 is 12.0 Å². The number of anilines is 2. The third-order valence-electron chi connectivity index (χ3n) is 8.79. The molecule has 3 unspecified atom stereocenters. The predicted octanol–water partition coefficient (Wildman–Crippen LogP) is 5.32. The zero-order valence-corrected chi connectivity index (χ0v) is 28.0. The Bertz CT molecular complexity index is 2000. The first kappa shape index (κ1) is 34.9. The number of benzene rings is 3. The first-order valence-electron chi connectivity index (χ1n) is 16.3. The second-order valence-corrected chi connectivity index (χ2v) is 13.6. The SMILES string of the molecule is O=Cc1cc(NC(=O)CCCCC2SCC3NC(=O)NC32)cc(C(=O)Nc2ccc(C(=C3C=CC(=O)C=C3)c3ccc(O)cc3)c(C(=O)O)c2)c1. The highest BCUT2D eigenvalue weighted by atomic mass is 32.2. The molecule has 2 aliphatic heterocycles. The van der Waals surface area contributed by atoms with Crippen molar-refractivity contribution in [1.82, 2.24) is 10.6 Å². The van der Waals surface area contributed by atoms with Gasteiger partial charge in [-0.3, -0.25) is 19.2 Å². The van der Waals surface area contributed by atoms with Crippen LogP contribution in [-0.4, -0.2) is 69.2 Å². The molecule has 3 aromatic rings. The third-order valence-corrected chi connectivity index (χ3v) is 10.3. The van der Waals surface area contributed by atoms with Crippen molar-refractivity contribution in [2.75, 3.05) is 16.4 Å². The summed E-state index contributed by atoms with van der Waals surface area (Å²) in [6.07, 6.45) is 8.99. The lowest BCUT2D eigenvalue weighted by molar-refractivity contribution is -0.116. The van der Waals surface area contributed by atoms with Gasteiger partial charge in [0.15, 0.2) is 5.78 Å². The number of phenols is 1. The van der Waals surface area contributed by atoms with Gasteiger partial charge in [0.05, 0.1) is 17.6 Å². The van der Waals surface area contributed by atoms with Gasteiger partial charge in [-0.2, -0.15) is 11.8 Å². The van der Waals surface area contributed by atoms with Crippen molar-refractivity contribution in [2.24, 2.45) is 0 Å². The molecule has 51 heavy (non-hydrogen) atoms. The molecule has 260 valence electrons. The summed E-state index contributed by atoms with van der Waals surface area (Å²) in [5.41, 5.74) is 2.51. The Balaban J connectivity index is 1.15. The Labute approximate surface area is 297 Å². The minimum absolute atomic E-state index is 0.0259. The highest BCUT2D eigenvalue weighted by molar-refractivity contribution is 8.00. The second kappa shape index (κ2) is 15.3. The Morgan fingerprint density at radius 1 is 0.843 bits per heavy atom. The first-order valence-corrected chi connectivity index (χ1v) is 17.3. The molecule has 3 aliphatic rings. The molecular weight excluding hydrogens is 673 g/mol. The number of carbonyl (C=O) groups excluding carboxylic acids is 5. The molecule has 0 spiro atoms. The van der Waals surface area contributed by atoms with E-state index in [1.165, 1.54) is 54.6 Å². The van der Waals surface area contributed by atoms with Gasteiger partial charge in [-0.15, -0.1) is 0 Å². The topological polar surface area (TPSA) is 191 Å². The van der Waals surface area contributed by atoms with Crippen LogP contribution in [-0.2, 0) is 9.59 Å². The summed E-state index contributed by atoms with van der Waals surface area (Å²) in [4.78, 5) is 73.9. The fourth-order valence-electron chi connectivity index (χ4n) is 6.37. The maximum absolute atomic E-state index is 13.4. The molecule has 12 nitrogen and oxygen atoms in total. The Hall–Kier alpha value is -5.95. The quantitative estimate of drug-likeness (QED) is 0.0823. The number of aromatic carboxylic acids is 1. The molecule has 4 amide bonds. The number of nitrogens with one attached hydrogen (secondary N) is 4. The Morgan fingerprint density at radius 2 is 1.61 bits per heavy atom. The number of allylic oxidation sites excluding steroid dienone is 5. The lowest BCUT2D eigenvalue weighted by Gasteiger charge is -2.17. The molecule has 6 N–H and O–H groups in total. The van der Waals surface area contributed by atoms with E-state index in [-0.39, 0.29) is 70.0 Å². The number of hydrogen-bond acceptors (Lipinski definition) is 8. The molecular formula is C38H34N4O8S. The minimum atomic E-state index is -1.26. The Kier molecular flexibility index (Phi) is 10.5. The van der Waals surface area contributed by atoms with Crippen LogP contribution in [0.15, 0.2) is 90.5 Å². The van der Waals surface area contributed by atoms with Crippen molar-refractivity contribution < 1.29 is 39.0 Å². The number of unbranched alkanes of at least 4 members (excludes halogenated alkanes) is 1. The summed E-state index contributed by atoms with van der Waals surface area (Å²) in [5.74, 6) is -1.49. The zero-order chi connectivity index (χ0) is 36.1. The van der Waals surface area contributed by atoms with Crippen LogP contribution in [0.25, 0.3) is 5.57 Å². The van der Waals surface area contributed by atoms with E-state index >= 15 is 0 Å². The molecule has 2 fully saturated rings. The van der Waals surface area contributed by atoms with Crippen molar-refractivity contribution in [3.63, 3.8) is 0 Å². The highest BCUT2D eigenvalue weighted by Crippen LogP contribution is 2.35. The largest absolute Gasteiger partial charge is 0.508 e. The van der Waals surface area contributed by atoms with Crippen molar-refractivity contribution in [1.29, 1.82) is 0 Å². The number of aldehydes is 1. The van der Waals surface area contributed by atoms with Gasteiger partial charge in [-0.25, -0.2) is 9.59 Å². The number of carboxylic acid groups (broad SMARTS) is 1. The van der Waals surface area contributed by atoms with E-state index in [4.69, 9.17) is 0 Å². The molecule has 6 rings (SSSR count). The summed E-state index contributed by atoms with van der Waals surface area (Å²) in [6.45, 7) is 0. The number of aromatic hydroxyl groups is 1. The summed E-state index contributed by atoms with van der Waals surface area (Å²) in [6, 6.07) is 15.0. The molecule has 0 radical (unpaired) electrons. The maximum Gasteiger partial charge on any atom is 0.336 e. The molecule has 2 saturated heterocycles. The van der Waals surface area contributed by atoms with Crippen LogP contribution in [0.4, 0.5) is 16.2 Å². The van der Waals surface area contributed by atoms with Gasteiger partial charge < -0.3 is 31.5 Å². The monoisotopic (exact) mass is 706 g/mol. The smallest absolute Gasteiger partial charge is 0.336 e. The number of phenolic OH excluding ortho intramolecular Hbond substituents is 1. The number of hydrogen-bond donors (Lipinski definition) is 6. The number of carboxylic acids is 1. The number of thioether (sulfide) groups is 1. The van der Waals surface area contributed by atoms with E-state index in [1.807, 2.05) is 11.8 Å². The van der Waals surface area contributed by atoms with Gasteiger partial charge in [0.25, 0.3) is 5.91 Å². The number of carbonyl (C=O) groups is 6. The molecule has 0 saturated carbocycles. The number of rotatable bonds is 12. The highest BCUT2D eigenvalue weighted by Gasteiger charge is 2.42. The fraction of sp³-hybridized carbons (Fsp3) is 0.211. The van der Waals surface area contributed by atoms with Crippen LogP contribution in [0.3, 0.4) is 0 Å². The van der Waals surface area contributed by atoms with Crippen molar-refractivity contribution in [3.8, 4) is 5.75 Å². The predicted molar refractivity (Wildman–Crippen MR) is 193 cm³/mol. The van der Waals surface area contributed by atoms with Crippen molar-refractivity contribution in [2.45, 2.75) is 43.0 Å². The summed E-state index contributed by atoms with van der Waals surface area (Å²) < 4.78 is 0. The van der Waals surface area contributed by atoms with Gasteiger partial charge in [0.1, 0.15) is 12.0 Å². The zero-order valence-electron chi connectivity index (χ0n) is 27.2. The summed E-state index contributed by atoms with van der Waals surface area (Å²) in [5, 5.41) is 31.7. The molecule has 0 bridgehead atoms. The number of ketones is 1. The van der Waals surface area contributed by atoms with E-state index < -0.39 is 11.9 Å². The van der Waals surface area contributed by atoms with Crippen LogP contribution in [0, 0.1) is 0 Å². The molecule has 3 atom stereocenters. The number of urea groups is 1. The standard InChI is InChI=1S/C38H34N4O8S/c43-19-21-15-24(17-26(16-21)39-33(46)4-2-1-3-32-35-31(20-51-32)41-38(50)42-35)36(47)40-25-9-14-29(30(18-25)37(48)49)34(22-5-10-27(44)11-6-22)23-7-12-28(45)13-8-23/h5-19,31-32,35,44H,1-4,20H2,(H,39,46)(H,40,47)(H,48,49)(H2,41,42,50). The second-order valence-electron chi connectivity index (χ2n) is 12.3. The van der Waals surface area contributed by atoms with E-state index in [0.717, 1.165) is 18.6 Å². The average molecular weight is 707 g/mol. The van der Waals surface area contributed by atoms with E-state index in [2.05, 4.69) is 21.3 Å². The molecule has 1 aliphatic carbocycles. The average Bonchev–Trinajstić information content (AvgIpc) is 3.67. The first-order chi connectivity index (χ1) is 24.6.